The van der Waals surface area contributed by atoms with E-state index in [1.807, 2.05) is 0 Å². The van der Waals surface area contributed by atoms with Gasteiger partial charge in [-0.15, -0.1) is 0 Å². The Morgan fingerprint density at radius 1 is 0.926 bits per heavy atom. The Balaban J connectivity index is 0.000000194. The molecule has 8 nitrogen and oxygen atoms in total. The Morgan fingerprint density at radius 2 is 1.56 bits per heavy atom. The number of fused-ring (bicyclic) bond motifs is 1. The third-order valence-corrected chi connectivity index (χ3v) is 3.85. The molecule has 0 aromatic heterocycles. The molecule has 2 aromatic rings. The zero-order chi connectivity index (χ0) is 20.0. The Morgan fingerprint density at radius 3 is 2.11 bits per heavy atom. The minimum atomic E-state index is -0.985. The number of esters is 1. The molecule has 0 unspecified atom stereocenters. The second-order valence-electron chi connectivity index (χ2n) is 5.28. The lowest BCUT2D eigenvalue weighted by Crippen LogP contribution is -1.98. The highest BCUT2D eigenvalue weighted by Crippen LogP contribution is 2.37. The van der Waals surface area contributed by atoms with E-state index in [4.69, 9.17) is 28.8 Å². The van der Waals surface area contributed by atoms with Crippen LogP contribution in [0.2, 0.25) is 0 Å². The molecule has 0 atom stereocenters. The molecule has 1 N–H and O–H groups in total. The van der Waals surface area contributed by atoms with E-state index in [-0.39, 0.29) is 18.1 Å². The maximum absolute atomic E-state index is 11.2. The highest BCUT2D eigenvalue weighted by Gasteiger charge is 2.26. The van der Waals surface area contributed by atoms with Crippen LogP contribution < -0.4 is 18.9 Å². The van der Waals surface area contributed by atoms with Crippen LogP contribution in [0.3, 0.4) is 0 Å². The van der Waals surface area contributed by atoms with Gasteiger partial charge in [-0.05, 0) is 30.3 Å². The molecule has 8 heteroatoms. The molecule has 144 valence electrons. The Hall–Kier alpha value is -3.42. The number of ether oxygens (including phenoxy) is 5. The van der Waals surface area contributed by atoms with E-state index in [1.165, 1.54) is 26.4 Å². The van der Waals surface area contributed by atoms with Gasteiger partial charge in [0.15, 0.2) is 23.0 Å². The fourth-order valence-electron chi connectivity index (χ4n) is 2.51. The smallest absolute Gasteiger partial charge is 0.339 e. The number of methoxy groups -OCH3 is 4. The van der Waals surface area contributed by atoms with Gasteiger partial charge in [0.25, 0.3) is 0 Å². The second kappa shape index (κ2) is 8.79. The summed E-state index contributed by atoms with van der Waals surface area (Å²) in [5, 5.41) is 8.67. The van der Waals surface area contributed by atoms with Crippen LogP contribution in [-0.4, -0.2) is 45.5 Å². The van der Waals surface area contributed by atoms with Gasteiger partial charge in [-0.3, -0.25) is 0 Å². The van der Waals surface area contributed by atoms with Gasteiger partial charge >= 0.3 is 11.9 Å². The Labute approximate surface area is 156 Å². The predicted molar refractivity (Wildman–Crippen MR) is 95.2 cm³/mol. The fourth-order valence-corrected chi connectivity index (χ4v) is 2.51. The average molecular weight is 376 g/mol. The number of hydrogen-bond donors (Lipinski definition) is 1. The monoisotopic (exact) mass is 376 g/mol. The third kappa shape index (κ3) is 4.22. The molecule has 1 aliphatic rings. The molecular formula is C19H20O8. The van der Waals surface area contributed by atoms with E-state index in [0.717, 1.165) is 5.56 Å². The van der Waals surface area contributed by atoms with Crippen molar-refractivity contribution < 1.29 is 38.4 Å². The largest absolute Gasteiger partial charge is 0.493 e. The summed E-state index contributed by atoms with van der Waals surface area (Å²) < 4.78 is 25.1. The van der Waals surface area contributed by atoms with Crippen LogP contribution in [0, 0.1) is 0 Å². The van der Waals surface area contributed by atoms with Crippen LogP contribution in [0.5, 0.6) is 23.0 Å². The zero-order valence-corrected chi connectivity index (χ0v) is 15.4. The van der Waals surface area contributed by atoms with Crippen LogP contribution in [-0.2, 0) is 11.3 Å². The molecule has 3 rings (SSSR count). The van der Waals surface area contributed by atoms with E-state index < -0.39 is 5.97 Å². The van der Waals surface area contributed by atoms with E-state index in [1.54, 1.807) is 32.4 Å². The lowest BCUT2D eigenvalue weighted by atomic mass is 10.1. The summed E-state index contributed by atoms with van der Waals surface area (Å²) >= 11 is 0. The molecule has 0 amide bonds. The van der Waals surface area contributed by atoms with Crippen molar-refractivity contribution in [1.82, 2.24) is 0 Å². The highest BCUT2D eigenvalue weighted by atomic mass is 16.5. The molecule has 27 heavy (non-hydrogen) atoms. The fraction of sp³-hybridized carbons (Fsp3) is 0.263. The maximum atomic E-state index is 11.2. The van der Waals surface area contributed by atoms with Gasteiger partial charge in [0.1, 0.15) is 6.61 Å². The average Bonchev–Trinajstić information content (AvgIpc) is 3.07. The van der Waals surface area contributed by atoms with Crippen molar-refractivity contribution in [2.75, 3.05) is 28.4 Å². The number of carboxylic acids is 1. The number of carbonyl (C=O) groups excluding carboxylic acids is 1. The maximum Gasteiger partial charge on any atom is 0.339 e. The van der Waals surface area contributed by atoms with Crippen molar-refractivity contribution in [3.63, 3.8) is 0 Å². The third-order valence-electron chi connectivity index (χ3n) is 3.85. The summed E-state index contributed by atoms with van der Waals surface area (Å²) in [6.07, 6.45) is 0. The van der Waals surface area contributed by atoms with Crippen molar-refractivity contribution in [3.05, 3.63) is 47.0 Å². The van der Waals surface area contributed by atoms with E-state index in [9.17, 15) is 9.59 Å². The normalized spacial score (nSPS) is 11.5. The molecule has 0 saturated heterocycles. The van der Waals surface area contributed by atoms with E-state index in [0.29, 0.717) is 28.6 Å². The van der Waals surface area contributed by atoms with Crippen molar-refractivity contribution >= 4 is 11.9 Å². The minimum Gasteiger partial charge on any atom is -0.493 e. The quantitative estimate of drug-likeness (QED) is 0.795. The number of rotatable bonds is 5. The summed E-state index contributed by atoms with van der Waals surface area (Å²) in [6.45, 7) is 0.258. The van der Waals surface area contributed by atoms with E-state index >= 15 is 0 Å². The summed E-state index contributed by atoms with van der Waals surface area (Å²) in [6, 6.07) is 7.82. The van der Waals surface area contributed by atoms with Gasteiger partial charge in [0, 0.05) is 5.56 Å². The first-order chi connectivity index (χ1) is 13.0. The first-order valence-electron chi connectivity index (χ1n) is 7.83. The van der Waals surface area contributed by atoms with Gasteiger partial charge in [-0.1, -0.05) is 0 Å². The Bertz CT molecular complexity index is 844. The van der Waals surface area contributed by atoms with Crippen molar-refractivity contribution in [1.29, 1.82) is 0 Å². The van der Waals surface area contributed by atoms with Gasteiger partial charge in [0.2, 0.25) is 0 Å². The topological polar surface area (TPSA) is 101 Å². The number of cyclic esters (lactones) is 1. The molecule has 0 fully saturated rings. The number of carbonyl (C=O) groups is 2. The van der Waals surface area contributed by atoms with Crippen LogP contribution in [0.1, 0.15) is 26.3 Å². The first kappa shape index (κ1) is 19.9. The molecular weight excluding hydrogens is 356 g/mol. The SMILES string of the molecule is COc1ccc(C(=O)O)cc1OC.COc1ccc2c(c1OC)COC2=O. The van der Waals surface area contributed by atoms with Gasteiger partial charge in [-0.25, -0.2) is 9.59 Å². The summed E-state index contributed by atoms with van der Waals surface area (Å²) in [5.41, 5.74) is 1.50. The van der Waals surface area contributed by atoms with Gasteiger partial charge in [-0.2, -0.15) is 0 Å². The molecule has 0 saturated carbocycles. The van der Waals surface area contributed by atoms with Crippen molar-refractivity contribution in [2.24, 2.45) is 0 Å². The molecule has 0 spiro atoms. The van der Waals surface area contributed by atoms with Crippen LogP contribution in [0.25, 0.3) is 0 Å². The molecule has 2 aromatic carbocycles. The molecule has 0 bridgehead atoms. The number of hydrogen-bond acceptors (Lipinski definition) is 7. The van der Waals surface area contributed by atoms with Gasteiger partial charge in [0.05, 0.1) is 39.6 Å². The molecule has 1 heterocycles. The van der Waals surface area contributed by atoms with Crippen LogP contribution >= 0.6 is 0 Å². The molecule has 1 aliphatic heterocycles. The van der Waals surface area contributed by atoms with Gasteiger partial charge < -0.3 is 28.8 Å². The minimum absolute atomic E-state index is 0.178. The van der Waals surface area contributed by atoms with Crippen LogP contribution in [0.4, 0.5) is 0 Å². The summed E-state index contributed by atoms with van der Waals surface area (Å²) in [4.78, 5) is 21.8. The van der Waals surface area contributed by atoms with Crippen molar-refractivity contribution in [2.45, 2.75) is 6.61 Å². The van der Waals surface area contributed by atoms with Crippen molar-refractivity contribution in [3.8, 4) is 23.0 Å². The highest BCUT2D eigenvalue weighted by molar-refractivity contribution is 5.94. The zero-order valence-electron chi connectivity index (χ0n) is 15.4. The van der Waals surface area contributed by atoms with E-state index in [2.05, 4.69) is 0 Å². The lowest BCUT2D eigenvalue weighted by molar-refractivity contribution is 0.0533. The Kier molecular flexibility index (Phi) is 6.48. The number of aromatic carboxylic acids is 1. The number of carboxylic acid groups (broad SMARTS) is 1. The summed E-state index contributed by atoms with van der Waals surface area (Å²) in [7, 11) is 6.06. The molecule has 0 radical (unpaired) electrons. The molecule has 0 aliphatic carbocycles. The lowest BCUT2D eigenvalue weighted by Gasteiger charge is -2.09. The number of benzene rings is 2. The predicted octanol–water partition coefficient (Wildman–Crippen LogP) is 2.78. The van der Waals surface area contributed by atoms with Crippen LogP contribution in [0.15, 0.2) is 30.3 Å². The second-order valence-corrected chi connectivity index (χ2v) is 5.28. The first-order valence-corrected chi connectivity index (χ1v) is 7.83. The standard InChI is InChI=1S/C10H10O4.C9H10O4/c1-12-8-4-3-6-7(9(8)13-2)5-14-10(6)11;1-12-7-4-3-6(9(10)11)5-8(7)13-2/h3-4H,5H2,1-2H3;3-5H,1-2H3,(H,10,11). The summed E-state index contributed by atoms with van der Waals surface area (Å²) in [5.74, 6) is 0.845.